The first-order chi connectivity index (χ1) is 8.06. The second-order valence-corrected chi connectivity index (χ2v) is 5.53. The molecule has 0 radical (unpaired) electrons. The molecule has 90 valence electrons. The van der Waals surface area contributed by atoms with E-state index < -0.39 is 5.60 Å². The lowest BCUT2D eigenvalue weighted by Crippen LogP contribution is -2.56. The molecule has 0 aromatic rings. The van der Waals surface area contributed by atoms with Crippen LogP contribution in [-0.4, -0.2) is 17.4 Å². The van der Waals surface area contributed by atoms with Gasteiger partial charge in [0.1, 0.15) is 0 Å². The Bertz CT molecular complexity index is 460. The lowest BCUT2D eigenvalue weighted by atomic mass is 9.57. The van der Waals surface area contributed by atoms with Gasteiger partial charge >= 0.3 is 5.97 Å². The molecule has 0 aromatic carbocycles. The monoisotopic (exact) mass is 232 g/mol. The molecule has 0 amide bonds. The molecule has 2 aliphatic carbocycles. The lowest BCUT2D eigenvalue weighted by molar-refractivity contribution is -0.177. The molecule has 0 unspecified atom stereocenters. The standard InChI is InChI=1S/C14H16O3/c1-13-6-2-3-10-9-11(15)4-8-14(10,13)17-12(16)5-7-13/h4,8-9H,2-3,5-7H2,1H3/t13-,14-/m1/s1. The molecule has 2 fully saturated rings. The third-order valence-electron chi connectivity index (χ3n) is 4.50. The number of rotatable bonds is 0. The van der Waals surface area contributed by atoms with E-state index in [0.717, 1.165) is 31.3 Å². The highest BCUT2D eigenvalue weighted by molar-refractivity contribution is 6.01. The lowest BCUT2D eigenvalue weighted by Gasteiger charge is -2.54. The molecular formula is C14H16O3. The third kappa shape index (κ3) is 1.34. The van der Waals surface area contributed by atoms with E-state index in [-0.39, 0.29) is 17.2 Å². The fourth-order valence-corrected chi connectivity index (χ4v) is 3.48. The summed E-state index contributed by atoms with van der Waals surface area (Å²) in [6.45, 7) is 2.17. The normalized spacial score (nSPS) is 40.2. The van der Waals surface area contributed by atoms with Crippen LogP contribution >= 0.6 is 0 Å². The summed E-state index contributed by atoms with van der Waals surface area (Å²) in [4.78, 5) is 23.1. The van der Waals surface area contributed by atoms with Crippen molar-refractivity contribution >= 4 is 11.8 Å². The summed E-state index contributed by atoms with van der Waals surface area (Å²) in [5.41, 5.74) is 0.322. The summed E-state index contributed by atoms with van der Waals surface area (Å²) in [7, 11) is 0. The Morgan fingerprint density at radius 2 is 2.06 bits per heavy atom. The van der Waals surface area contributed by atoms with E-state index in [9.17, 15) is 9.59 Å². The molecule has 0 aromatic heterocycles. The van der Waals surface area contributed by atoms with E-state index in [1.165, 1.54) is 0 Å². The SMILES string of the molecule is C[C@]12CCCC3=CC(=O)C=C[C@@]31OC(=O)CC2. The minimum Gasteiger partial charge on any atom is -0.450 e. The Morgan fingerprint density at radius 1 is 1.24 bits per heavy atom. The smallest absolute Gasteiger partial charge is 0.307 e. The number of ether oxygens (including phenoxy) is 1. The molecule has 1 saturated heterocycles. The second kappa shape index (κ2) is 3.31. The topological polar surface area (TPSA) is 43.4 Å². The van der Waals surface area contributed by atoms with Crippen LogP contribution < -0.4 is 0 Å². The molecule has 3 rings (SSSR count). The fourth-order valence-electron chi connectivity index (χ4n) is 3.48. The zero-order chi connectivity index (χ0) is 12.1. The molecule has 2 atom stereocenters. The van der Waals surface area contributed by atoms with Crippen LogP contribution in [0.1, 0.15) is 39.0 Å². The van der Waals surface area contributed by atoms with E-state index >= 15 is 0 Å². The largest absolute Gasteiger partial charge is 0.450 e. The van der Waals surface area contributed by atoms with Crippen molar-refractivity contribution < 1.29 is 14.3 Å². The van der Waals surface area contributed by atoms with Gasteiger partial charge in [0, 0.05) is 11.8 Å². The van der Waals surface area contributed by atoms with Crippen molar-refractivity contribution in [2.45, 2.75) is 44.6 Å². The molecular weight excluding hydrogens is 216 g/mol. The number of ketones is 1. The van der Waals surface area contributed by atoms with Crippen molar-refractivity contribution in [3.8, 4) is 0 Å². The number of carbonyl (C=O) groups excluding carboxylic acids is 2. The fraction of sp³-hybridized carbons (Fsp3) is 0.571. The first-order valence-corrected chi connectivity index (χ1v) is 6.22. The average molecular weight is 232 g/mol. The van der Waals surface area contributed by atoms with Gasteiger partial charge in [0.05, 0.1) is 0 Å². The van der Waals surface area contributed by atoms with Crippen LogP contribution in [0.3, 0.4) is 0 Å². The van der Waals surface area contributed by atoms with Gasteiger partial charge in [0.25, 0.3) is 0 Å². The molecule has 0 bridgehead atoms. The molecule has 3 heteroatoms. The van der Waals surface area contributed by atoms with Gasteiger partial charge in [-0.25, -0.2) is 0 Å². The average Bonchev–Trinajstić information content (AvgIpc) is 2.29. The Kier molecular flexibility index (Phi) is 2.09. The number of hydrogen-bond donors (Lipinski definition) is 0. The summed E-state index contributed by atoms with van der Waals surface area (Å²) in [6.07, 6.45) is 9.36. The van der Waals surface area contributed by atoms with E-state index in [2.05, 4.69) is 6.92 Å². The van der Waals surface area contributed by atoms with E-state index in [1.54, 1.807) is 12.2 Å². The molecule has 1 aliphatic heterocycles. The Labute approximate surface area is 101 Å². The van der Waals surface area contributed by atoms with Crippen LogP contribution in [0.2, 0.25) is 0 Å². The van der Waals surface area contributed by atoms with E-state index in [0.29, 0.717) is 6.42 Å². The quantitative estimate of drug-likeness (QED) is 0.602. The van der Waals surface area contributed by atoms with Gasteiger partial charge in [-0.05, 0) is 49.5 Å². The zero-order valence-electron chi connectivity index (χ0n) is 9.99. The molecule has 17 heavy (non-hydrogen) atoms. The first-order valence-electron chi connectivity index (χ1n) is 6.22. The molecule has 1 saturated carbocycles. The third-order valence-corrected chi connectivity index (χ3v) is 4.50. The number of allylic oxidation sites excluding steroid dienone is 2. The first kappa shape index (κ1) is 10.8. The molecule has 0 N–H and O–H groups in total. The minimum atomic E-state index is -0.630. The maximum absolute atomic E-state index is 11.6. The number of hydrogen-bond acceptors (Lipinski definition) is 3. The molecule has 3 aliphatic rings. The van der Waals surface area contributed by atoms with Gasteiger partial charge in [-0.1, -0.05) is 6.92 Å². The Balaban J connectivity index is 2.13. The van der Waals surface area contributed by atoms with Crippen molar-refractivity contribution in [3.05, 3.63) is 23.8 Å². The summed E-state index contributed by atoms with van der Waals surface area (Å²) in [5, 5.41) is 0. The van der Waals surface area contributed by atoms with Crippen molar-refractivity contribution in [2.75, 3.05) is 0 Å². The van der Waals surface area contributed by atoms with Gasteiger partial charge < -0.3 is 4.74 Å². The Morgan fingerprint density at radius 3 is 2.88 bits per heavy atom. The minimum absolute atomic E-state index is 0.0106. The predicted molar refractivity (Wildman–Crippen MR) is 62.2 cm³/mol. The van der Waals surface area contributed by atoms with Crippen molar-refractivity contribution in [1.29, 1.82) is 0 Å². The van der Waals surface area contributed by atoms with Crippen molar-refractivity contribution in [3.63, 3.8) is 0 Å². The summed E-state index contributed by atoms with van der Waals surface area (Å²) >= 11 is 0. The maximum atomic E-state index is 11.6. The Hall–Kier alpha value is -1.38. The molecule has 1 spiro atoms. The number of esters is 1. The summed E-state index contributed by atoms with van der Waals surface area (Å²) < 4.78 is 5.69. The van der Waals surface area contributed by atoms with E-state index in [4.69, 9.17) is 4.74 Å². The van der Waals surface area contributed by atoms with Crippen LogP contribution in [-0.2, 0) is 14.3 Å². The zero-order valence-corrected chi connectivity index (χ0v) is 9.99. The van der Waals surface area contributed by atoms with Crippen LogP contribution in [0.4, 0.5) is 0 Å². The highest BCUT2D eigenvalue weighted by Crippen LogP contribution is 2.56. The van der Waals surface area contributed by atoms with E-state index in [1.807, 2.05) is 6.08 Å². The van der Waals surface area contributed by atoms with Crippen LogP contribution in [0.25, 0.3) is 0 Å². The second-order valence-electron chi connectivity index (χ2n) is 5.53. The van der Waals surface area contributed by atoms with Crippen LogP contribution in [0, 0.1) is 5.41 Å². The predicted octanol–water partition coefficient (Wildman–Crippen LogP) is 2.32. The van der Waals surface area contributed by atoms with Crippen LogP contribution in [0.5, 0.6) is 0 Å². The van der Waals surface area contributed by atoms with Gasteiger partial charge in [0.2, 0.25) is 0 Å². The molecule has 1 heterocycles. The highest BCUT2D eigenvalue weighted by Gasteiger charge is 2.57. The highest BCUT2D eigenvalue weighted by atomic mass is 16.6. The van der Waals surface area contributed by atoms with Gasteiger partial charge in [-0.3, -0.25) is 9.59 Å². The summed E-state index contributed by atoms with van der Waals surface area (Å²) in [6, 6.07) is 0. The van der Waals surface area contributed by atoms with Gasteiger partial charge in [-0.2, -0.15) is 0 Å². The van der Waals surface area contributed by atoms with Gasteiger partial charge in [0.15, 0.2) is 11.4 Å². The van der Waals surface area contributed by atoms with Crippen molar-refractivity contribution in [1.82, 2.24) is 0 Å². The maximum Gasteiger partial charge on any atom is 0.307 e. The number of carbonyl (C=O) groups is 2. The molecule has 3 nitrogen and oxygen atoms in total. The van der Waals surface area contributed by atoms with Crippen molar-refractivity contribution in [2.24, 2.45) is 5.41 Å². The summed E-state index contributed by atoms with van der Waals surface area (Å²) in [5.74, 6) is -0.134. The van der Waals surface area contributed by atoms with Crippen LogP contribution in [0.15, 0.2) is 23.8 Å². The van der Waals surface area contributed by atoms with Gasteiger partial charge in [-0.15, -0.1) is 0 Å².